The Bertz CT molecular complexity index is 4200. The summed E-state index contributed by atoms with van der Waals surface area (Å²) in [6.45, 7) is 0. The van der Waals surface area contributed by atoms with Crippen molar-refractivity contribution >= 4 is 96.4 Å². The number of nitrogens with zero attached hydrogens (tertiary/aromatic N) is 3. The molecule has 0 spiro atoms. The van der Waals surface area contributed by atoms with E-state index in [0.717, 1.165) is 33.8 Å². The first-order valence-electron chi connectivity index (χ1n) is 22.5. The van der Waals surface area contributed by atoms with Crippen LogP contribution in [0, 0.1) is 0 Å². The maximum atomic E-state index is 5.19. The fourth-order valence-corrected chi connectivity index (χ4v) is 11.9. The van der Waals surface area contributed by atoms with Gasteiger partial charge in [-0.2, -0.15) is 0 Å². The van der Waals surface area contributed by atoms with Gasteiger partial charge in [-0.3, -0.25) is 0 Å². The lowest BCUT2D eigenvalue weighted by Gasteiger charge is -2.14. The standard InChI is InChI=1S/C62H37N3S/c1-3-17-39(18-4-1)53-37-54(64-62(63-53)41-19-5-2-6-20-41)40-30-33-43(34-31-40)65-59-49-26-12-10-24-47(49)46-23-9-11-25-48(46)56(59)58-57-52-36-42(45-29-15-21-38-16-7-8-22-44(38)45)32-35-55(52)66-61(57)51-28-14-13-27-50(51)60(58)65/h1-37H. The zero-order valence-electron chi connectivity index (χ0n) is 35.6. The number of fused-ring (bicyclic) bond motifs is 16. The highest BCUT2D eigenvalue weighted by atomic mass is 32.1. The summed E-state index contributed by atoms with van der Waals surface area (Å²) in [5.41, 5.74) is 10.9. The second-order valence-electron chi connectivity index (χ2n) is 17.2. The molecular formula is C62H37N3S. The van der Waals surface area contributed by atoms with Crippen molar-refractivity contribution in [2.24, 2.45) is 0 Å². The quantitative estimate of drug-likeness (QED) is 0.162. The lowest BCUT2D eigenvalue weighted by Crippen LogP contribution is -1.97. The zero-order valence-corrected chi connectivity index (χ0v) is 36.4. The normalized spacial score (nSPS) is 11.9. The Morgan fingerprint density at radius 2 is 0.864 bits per heavy atom. The van der Waals surface area contributed by atoms with Crippen molar-refractivity contribution in [3.8, 4) is 50.7 Å². The van der Waals surface area contributed by atoms with E-state index in [9.17, 15) is 0 Å². The van der Waals surface area contributed by atoms with Crippen LogP contribution >= 0.6 is 11.3 Å². The van der Waals surface area contributed by atoms with Gasteiger partial charge in [0.05, 0.1) is 22.4 Å². The van der Waals surface area contributed by atoms with Gasteiger partial charge in [0.1, 0.15) is 0 Å². The van der Waals surface area contributed by atoms with Gasteiger partial charge in [0.2, 0.25) is 0 Å². The first kappa shape index (κ1) is 37.0. The molecule has 0 saturated carbocycles. The highest BCUT2D eigenvalue weighted by Gasteiger charge is 2.25. The Balaban J connectivity index is 1.09. The molecule has 66 heavy (non-hydrogen) atoms. The van der Waals surface area contributed by atoms with Gasteiger partial charge >= 0.3 is 0 Å². The lowest BCUT2D eigenvalue weighted by molar-refractivity contribution is 1.17. The number of rotatable bonds is 5. The summed E-state index contributed by atoms with van der Waals surface area (Å²) in [4.78, 5) is 10.3. The number of hydrogen-bond acceptors (Lipinski definition) is 3. The second-order valence-corrected chi connectivity index (χ2v) is 18.3. The molecule has 14 rings (SSSR count). The van der Waals surface area contributed by atoms with E-state index in [1.54, 1.807) is 0 Å². The summed E-state index contributed by atoms with van der Waals surface area (Å²) >= 11 is 1.91. The predicted octanol–water partition coefficient (Wildman–Crippen LogP) is 17.2. The third-order valence-electron chi connectivity index (χ3n) is 13.6. The molecule has 0 fully saturated rings. The minimum atomic E-state index is 0.707. The van der Waals surface area contributed by atoms with E-state index in [1.165, 1.54) is 96.2 Å². The SMILES string of the molecule is c1ccc(-c2cc(-c3ccc(-n4c5c6ccccc6c6ccccc6c5c5c6c7cc(-c8cccc9ccccc89)ccc7sc6c6ccccc6c54)cc3)nc(-c3ccccc3)n2)cc1. The van der Waals surface area contributed by atoms with Crippen LogP contribution in [0.4, 0.5) is 0 Å². The lowest BCUT2D eigenvalue weighted by atomic mass is 9.93. The molecule has 3 heterocycles. The fraction of sp³-hybridized carbons (Fsp3) is 0. The number of thiophene rings is 1. The van der Waals surface area contributed by atoms with Crippen LogP contribution in [0.5, 0.6) is 0 Å². The molecule has 11 aromatic carbocycles. The molecule has 0 aliphatic carbocycles. The molecule has 0 atom stereocenters. The van der Waals surface area contributed by atoms with E-state index in [1.807, 2.05) is 35.6 Å². The molecule has 3 nitrogen and oxygen atoms in total. The molecule has 0 unspecified atom stereocenters. The minimum absolute atomic E-state index is 0.707. The van der Waals surface area contributed by atoms with Crippen LogP contribution in [0.3, 0.4) is 0 Å². The van der Waals surface area contributed by atoms with Gasteiger partial charge in [0, 0.05) is 69.5 Å². The van der Waals surface area contributed by atoms with Crippen molar-refractivity contribution in [2.75, 3.05) is 0 Å². The summed E-state index contributed by atoms with van der Waals surface area (Å²) in [7, 11) is 0. The molecule has 0 aliphatic rings. The van der Waals surface area contributed by atoms with Crippen molar-refractivity contribution in [3.63, 3.8) is 0 Å². The van der Waals surface area contributed by atoms with Crippen LogP contribution in [0.25, 0.3) is 136 Å². The molecule has 0 bridgehead atoms. The Hall–Kier alpha value is -8.44. The summed E-state index contributed by atoms with van der Waals surface area (Å²) in [6, 6.07) is 81.4. The van der Waals surface area contributed by atoms with E-state index in [2.05, 4.69) is 205 Å². The van der Waals surface area contributed by atoms with E-state index in [4.69, 9.17) is 9.97 Å². The van der Waals surface area contributed by atoms with Crippen LogP contribution in [0.1, 0.15) is 0 Å². The monoisotopic (exact) mass is 855 g/mol. The Morgan fingerprint density at radius 1 is 0.333 bits per heavy atom. The summed E-state index contributed by atoms with van der Waals surface area (Å²) in [6.07, 6.45) is 0. The third-order valence-corrected chi connectivity index (χ3v) is 14.8. The van der Waals surface area contributed by atoms with Crippen molar-refractivity contribution in [3.05, 3.63) is 224 Å². The molecule has 0 aliphatic heterocycles. The van der Waals surface area contributed by atoms with Crippen LogP contribution in [0.15, 0.2) is 224 Å². The Labute approximate surface area is 384 Å². The summed E-state index contributed by atoms with van der Waals surface area (Å²) < 4.78 is 5.17. The van der Waals surface area contributed by atoms with Crippen LogP contribution in [-0.2, 0) is 0 Å². The minimum Gasteiger partial charge on any atom is -0.308 e. The van der Waals surface area contributed by atoms with Gasteiger partial charge in [0.15, 0.2) is 5.82 Å². The largest absolute Gasteiger partial charge is 0.308 e. The maximum Gasteiger partial charge on any atom is 0.160 e. The van der Waals surface area contributed by atoms with Gasteiger partial charge in [-0.25, -0.2) is 9.97 Å². The molecule has 0 saturated heterocycles. The molecular weight excluding hydrogens is 819 g/mol. The molecule has 0 N–H and O–H groups in total. The number of aromatic nitrogens is 3. The molecule has 0 radical (unpaired) electrons. The van der Waals surface area contributed by atoms with Crippen molar-refractivity contribution in [2.45, 2.75) is 0 Å². The van der Waals surface area contributed by atoms with Crippen molar-refractivity contribution in [1.29, 1.82) is 0 Å². The van der Waals surface area contributed by atoms with E-state index in [-0.39, 0.29) is 0 Å². The number of hydrogen-bond donors (Lipinski definition) is 0. The topological polar surface area (TPSA) is 30.7 Å². The maximum absolute atomic E-state index is 5.19. The van der Waals surface area contributed by atoms with Gasteiger partial charge in [-0.05, 0) is 68.4 Å². The highest BCUT2D eigenvalue weighted by molar-refractivity contribution is 7.27. The highest BCUT2D eigenvalue weighted by Crippen LogP contribution is 2.52. The van der Waals surface area contributed by atoms with Gasteiger partial charge in [-0.1, -0.05) is 194 Å². The van der Waals surface area contributed by atoms with Gasteiger partial charge < -0.3 is 4.57 Å². The average molecular weight is 856 g/mol. The predicted molar refractivity (Wildman–Crippen MR) is 281 cm³/mol. The van der Waals surface area contributed by atoms with Gasteiger partial charge in [-0.15, -0.1) is 11.3 Å². The van der Waals surface area contributed by atoms with E-state index >= 15 is 0 Å². The van der Waals surface area contributed by atoms with Crippen LogP contribution in [0.2, 0.25) is 0 Å². The summed E-state index contributed by atoms with van der Waals surface area (Å²) in [5, 5.41) is 15.2. The molecule has 4 heteroatoms. The summed E-state index contributed by atoms with van der Waals surface area (Å²) in [5.74, 6) is 0.707. The Morgan fingerprint density at radius 3 is 1.59 bits per heavy atom. The molecule has 306 valence electrons. The smallest absolute Gasteiger partial charge is 0.160 e. The van der Waals surface area contributed by atoms with Gasteiger partial charge in [0.25, 0.3) is 0 Å². The van der Waals surface area contributed by atoms with Crippen LogP contribution < -0.4 is 0 Å². The fourth-order valence-electron chi connectivity index (χ4n) is 10.6. The van der Waals surface area contributed by atoms with Crippen molar-refractivity contribution < 1.29 is 0 Å². The average Bonchev–Trinajstić information content (AvgIpc) is 3.96. The first-order valence-corrected chi connectivity index (χ1v) is 23.3. The van der Waals surface area contributed by atoms with E-state index in [0.29, 0.717) is 5.82 Å². The van der Waals surface area contributed by atoms with Crippen molar-refractivity contribution in [1.82, 2.24) is 14.5 Å². The molecule has 3 aromatic heterocycles. The van der Waals surface area contributed by atoms with E-state index < -0.39 is 0 Å². The Kier molecular flexibility index (Phi) is 8.15. The zero-order chi connectivity index (χ0) is 43.3. The molecule has 14 aromatic rings. The second kappa shape index (κ2) is 14.5. The first-order chi connectivity index (χ1) is 32.7. The molecule has 0 amide bonds. The van der Waals surface area contributed by atoms with Crippen LogP contribution in [-0.4, -0.2) is 14.5 Å². The number of benzene rings is 11. The third kappa shape index (κ3) is 5.55.